The third-order valence-corrected chi connectivity index (χ3v) is 5.37. The van der Waals surface area contributed by atoms with Crippen molar-refractivity contribution < 1.29 is 14.6 Å². The van der Waals surface area contributed by atoms with Crippen molar-refractivity contribution in [2.75, 3.05) is 0 Å². The highest BCUT2D eigenvalue weighted by atomic mass is 32.1. The molecule has 1 N–H and O–H groups in total. The number of terminal acetylenes is 1. The highest BCUT2D eigenvalue weighted by Crippen LogP contribution is 2.34. The van der Waals surface area contributed by atoms with Gasteiger partial charge in [-0.05, 0) is 41.8 Å². The van der Waals surface area contributed by atoms with Crippen LogP contribution in [0.5, 0.6) is 5.75 Å². The molecule has 0 amide bonds. The fourth-order valence-corrected chi connectivity index (χ4v) is 3.68. The molecule has 0 aliphatic heterocycles. The first-order chi connectivity index (χ1) is 14.2. The molecule has 2 aromatic heterocycles. The van der Waals surface area contributed by atoms with E-state index in [1.165, 1.54) is 0 Å². The Balaban J connectivity index is 1.69. The van der Waals surface area contributed by atoms with Gasteiger partial charge in [0.1, 0.15) is 12.4 Å². The molecular weight excluding hydrogens is 382 g/mol. The van der Waals surface area contributed by atoms with Crippen LogP contribution in [0.15, 0.2) is 78.4 Å². The van der Waals surface area contributed by atoms with Gasteiger partial charge in [0.05, 0.1) is 11.1 Å². The molecule has 0 saturated heterocycles. The molecule has 0 aliphatic rings. The lowest BCUT2D eigenvalue weighted by atomic mass is 10.0. The summed E-state index contributed by atoms with van der Waals surface area (Å²) in [6.45, 7) is 0.497. The van der Waals surface area contributed by atoms with Crippen molar-refractivity contribution in [2.45, 2.75) is 6.61 Å². The van der Waals surface area contributed by atoms with Gasteiger partial charge >= 0.3 is 5.97 Å². The lowest BCUT2D eigenvalue weighted by Gasteiger charge is -2.10. The van der Waals surface area contributed by atoms with Gasteiger partial charge in [-0.2, -0.15) is 0 Å². The Hall–Kier alpha value is -3.75. The summed E-state index contributed by atoms with van der Waals surface area (Å²) in [5.41, 5.74) is 3.61. The summed E-state index contributed by atoms with van der Waals surface area (Å²) in [6.07, 6.45) is 9.57. The molecular formula is C24H17NO3S. The van der Waals surface area contributed by atoms with Crippen LogP contribution in [-0.4, -0.2) is 15.6 Å². The standard InChI is InChI=1S/C24H17NO3S/c1-2-17-14-25(19-11-9-18(10-12-19)24(26)27)15-22(17)21-7-3-4-8-23(21)28-16-20-6-5-13-29-20/h1,3-15H,16H2,(H,26,27). The molecule has 2 aromatic carbocycles. The summed E-state index contributed by atoms with van der Waals surface area (Å²) in [5.74, 6) is 2.55. The maximum absolute atomic E-state index is 11.1. The van der Waals surface area contributed by atoms with Gasteiger partial charge in [0, 0.05) is 34.1 Å². The number of carbonyl (C=O) groups is 1. The minimum atomic E-state index is -0.953. The number of ether oxygens (including phenoxy) is 1. The number of aromatic nitrogens is 1. The van der Waals surface area contributed by atoms with Crippen molar-refractivity contribution in [1.82, 2.24) is 4.57 Å². The van der Waals surface area contributed by atoms with Crippen LogP contribution in [0.25, 0.3) is 16.8 Å². The Labute approximate surface area is 172 Å². The SMILES string of the molecule is C#Cc1cn(-c2ccc(C(=O)O)cc2)cc1-c1ccccc1OCc1cccs1. The van der Waals surface area contributed by atoms with Crippen molar-refractivity contribution in [3.63, 3.8) is 0 Å². The summed E-state index contributed by atoms with van der Waals surface area (Å²) in [5, 5.41) is 11.1. The third kappa shape index (κ3) is 3.93. The van der Waals surface area contributed by atoms with Crippen LogP contribution >= 0.6 is 11.3 Å². The number of aromatic carboxylic acids is 1. The molecule has 4 aromatic rings. The van der Waals surface area contributed by atoms with Crippen molar-refractivity contribution in [2.24, 2.45) is 0 Å². The Morgan fingerprint density at radius 3 is 2.52 bits per heavy atom. The van der Waals surface area contributed by atoms with Gasteiger partial charge in [-0.3, -0.25) is 0 Å². The topological polar surface area (TPSA) is 51.5 Å². The van der Waals surface area contributed by atoms with Crippen LogP contribution in [0, 0.1) is 12.3 Å². The number of carboxylic acids is 1. The number of carboxylic acid groups (broad SMARTS) is 1. The number of rotatable bonds is 6. The summed E-state index contributed by atoms with van der Waals surface area (Å²) < 4.78 is 7.95. The molecule has 4 nitrogen and oxygen atoms in total. The molecule has 2 heterocycles. The summed E-state index contributed by atoms with van der Waals surface area (Å²) >= 11 is 1.65. The fourth-order valence-electron chi connectivity index (χ4n) is 3.07. The monoisotopic (exact) mass is 399 g/mol. The Morgan fingerprint density at radius 2 is 1.83 bits per heavy atom. The van der Waals surface area contributed by atoms with E-state index in [9.17, 15) is 4.79 Å². The number of hydrogen-bond acceptors (Lipinski definition) is 3. The first kappa shape index (κ1) is 18.6. The quantitative estimate of drug-likeness (QED) is 0.438. The van der Waals surface area contributed by atoms with Crippen molar-refractivity contribution in [3.05, 3.63) is 94.4 Å². The zero-order valence-electron chi connectivity index (χ0n) is 15.4. The van der Waals surface area contributed by atoms with E-state index in [2.05, 4.69) is 5.92 Å². The van der Waals surface area contributed by atoms with E-state index in [1.807, 2.05) is 58.7 Å². The van der Waals surface area contributed by atoms with Crippen molar-refractivity contribution >= 4 is 17.3 Å². The molecule has 0 fully saturated rings. The Morgan fingerprint density at radius 1 is 1.03 bits per heavy atom. The summed E-state index contributed by atoms with van der Waals surface area (Å²) in [6, 6.07) is 18.5. The van der Waals surface area contributed by atoms with E-state index in [-0.39, 0.29) is 5.56 Å². The van der Waals surface area contributed by atoms with Crippen LogP contribution in [-0.2, 0) is 6.61 Å². The molecule has 0 aliphatic carbocycles. The third-order valence-electron chi connectivity index (χ3n) is 4.52. The average molecular weight is 399 g/mol. The highest BCUT2D eigenvalue weighted by Gasteiger charge is 2.14. The number of nitrogens with zero attached hydrogens (tertiary/aromatic N) is 1. The first-order valence-electron chi connectivity index (χ1n) is 8.92. The van der Waals surface area contributed by atoms with E-state index in [1.54, 1.807) is 35.6 Å². The van der Waals surface area contributed by atoms with Crippen molar-refractivity contribution in [3.8, 4) is 34.9 Å². The minimum absolute atomic E-state index is 0.241. The highest BCUT2D eigenvalue weighted by molar-refractivity contribution is 7.09. The van der Waals surface area contributed by atoms with Crippen LogP contribution in [0.3, 0.4) is 0 Å². The van der Waals surface area contributed by atoms with E-state index >= 15 is 0 Å². The van der Waals surface area contributed by atoms with Gasteiger partial charge in [-0.1, -0.05) is 30.2 Å². The summed E-state index contributed by atoms with van der Waals surface area (Å²) in [4.78, 5) is 12.2. The van der Waals surface area contributed by atoms with Gasteiger partial charge in [0.15, 0.2) is 0 Å². The summed E-state index contributed by atoms with van der Waals surface area (Å²) in [7, 11) is 0. The number of hydrogen-bond donors (Lipinski definition) is 1. The average Bonchev–Trinajstić information content (AvgIpc) is 3.42. The van der Waals surface area contributed by atoms with Crippen LogP contribution < -0.4 is 4.74 Å². The van der Waals surface area contributed by atoms with Crippen LogP contribution in [0.4, 0.5) is 0 Å². The van der Waals surface area contributed by atoms with Crippen molar-refractivity contribution in [1.29, 1.82) is 0 Å². The number of benzene rings is 2. The predicted octanol–water partition coefficient (Wildman–Crippen LogP) is 5.46. The largest absolute Gasteiger partial charge is 0.487 e. The molecule has 0 atom stereocenters. The predicted molar refractivity (Wildman–Crippen MR) is 115 cm³/mol. The van der Waals surface area contributed by atoms with Gasteiger partial charge < -0.3 is 14.4 Å². The zero-order valence-corrected chi connectivity index (χ0v) is 16.2. The maximum atomic E-state index is 11.1. The molecule has 0 unspecified atom stereocenters. The Bertz CT molecular complexity index is 1180. The van der Waals surface area contributed by atoms with Crippen LogP contribution in [0.1, 0.15) is 20.8 Å². The molecule has 0 saturated carbocycles. The smallest absolute Gasteiger partial charge is 0.335 e. The van der Waals surface area contributed by atoms with Crippen LogP contribution in [0.2, 0.25) is 0 Å². The van der Waals surface area contributed by atoms with Gasteiger partial charge in [-0.25, -0.2) is 4.79 Å². The first-order valence-corrected chi connectivity index (χ1v) is 9.80. The molecule has 0 bridgehead atoms. The number of thiophene rings is 1. The zero-order chi connectivity index (χ0) is 20.2. The molecule has 29 heavy (non-hydrogen) atoms. The maximum Gasteiger partial charge on any atom is 0.335 e. The molecule has 142 valence electrons. The van der Waals surface area contributed by atoms with E-state index in [0.717, 1.165) is 33.0 Å². The van der Waals surface area contributed by atoms with Gasteiger partial charge in [0.25, 0.3) is 0 Å². The molecule has 5 heteroatoms. The fraction of sp³-hybridized carbons (Fsp3) is 0.0417. The molecule has 0 radical (unpaired) electrons. The van der Waals surface area contributed by atoms with E-state index in [4.69, 9.17) is 16.3 Å². The Kier molecular flexibility index (Phi) is 5.19. The van der Waals surface area contributed by atoms with Gasteiger partial charge in [0.2, 0.25) is 0 Å². The lowest BCUT2D eigenvalue weighted by molar-refractivity contribution is 0.0697. The van der Waals surface area contributed by atoms with Gasteiger partial charge in [-0.15, -0.1) is 17.8 Å². The normalized spacial score (nSPS) is 10.4. The second kappa shape index (κ2) is 8.09. The second-order valence-electron chi connectivity index (χ2n) is 6.35. The second-order valence-corrected chi connectivity index (χ2v) is 7.39. The van der Waals surface area contributed by atoms with E-state index < -0.39 is 5.97 Å². The van der Waals surface area contributed by atoms with E-state index in [0.29, 0.717) is 6.61 Å². The molecule has 0 spiro atoms. The number of para-hydroxylation sites is 1. The minimum Gasteiger partial charge on any atom is -0.487 e. The lowest BCUT2D eigenvalue weighted by Crippen LogP contribution is -1.97. The molecule has 4 rings (SSSR count).